The third kappa shape index (κ3) is 3.95. The largest absolute Gasteiger partial charge is 0.396 e. The highest BCUT2D eigenvalue weighted by molar-refractivity contribution is 5.46. The van der Waals surface area contributed by atoms with Crippen LogP contribution in [-0.2, 0) is 6.54 Å². The first-order valence-corrected chi connectivity index (χ1v) is 5.93. The van der Waals surface area contributed by atoms with Crippen molar-refractivity contribution in [2.75, 3.05) is 25.4 Å². The van der Waals surface area contributed by atoms with Crippen LogP contribution in [0.4, 0.5) is 5.69 Å². The van der Waals surface area contributed by atoms with Gasteiger partial charge in [-0.1, -0.05) is 0 Å². The SMILES string of the molecule is Cc1nn(CC(O)CN(CC#N)CC#N)c(C)c1N. The first kappa shape index (κ1) is 15.0. The summed E-state index contributed by atoms with van der Waals surface area (Å²) in [5.41, 5.74) is 7.98. The highest BCUT2D eigenvalue weighted by Gasteiger charge is 2.15. The lowest BCUT2D eigenvalue weighted by molar-refractivity contribution is 0.106. The summed E-state index contributed by atoms with van der Waals surface area (Å²) in [6.07, 6.45) is -0.709. The van der Waals surface area contributed by atoms with Gasteiger partial charge in [-0.25, -0.2) is 0 Å². The molecular formula is C12H18N6O. The first-order valence-electron chi connectivity index (χ1n) is 5.93. The van der Waals surface area contributed by atoms with Gasteiger partial charge in [0.25, 0.3) is 0 Å². The van der Waals surface area contributed by atoms with E-state index in [1.54, 1.807) is 9.58 Å². The standard InChI is InChI=1S/C12H18N6O/c1-9-12(15)10(2)18(16-9)8-11(19)7-17(5-3-13)6-4-14/h11,19H,5-8,15H2,1-2H3. The molecule has 1 unspecified atom stereocenters. The van der Waals surface area contributed by atoms with Crippen LogP contribution in [0.1, 0.15) is 11.4 Å². The van der Waals surface area contributed by atoms with E-state index in [1.807, 2.05) is 26.0 Å². The Balaban J connectivity index is 2.64. The van der Waals surface area contributed by atoms with Gasteiger partial charge in [-0.2, -0.15) is 15.6 Å². The molecular weight excluding hydrogens is 244 g/mol. The molecule has 0 saturated carbocycles. The van der Waals surface area contributed by atoms with Gasteiger partial charge in [-0.3, -0.25) is 9.58 Å². The van der Waals surface area contributed by atoms with Crippen LogP contribution in [-0.4, -0.2) is 45.5 Å². The summed E-state index contributed by atoms with van der Waals surface area (Å²) >= 11 is 0. The van der Waals surface area contributed by atoms with Crippen LogP contribution in [0.25, 0.3) is 0 Å². The first-order chi connectivity index (χ1) is 8.99. The van der Waals surface area contributed by atoms with Crippen molar-refractivity contribution >= 4 is 5.69 Å². The summed E-state index contributed by atoms with van der Waals surface area (Å²) in [5.74, 6) is 0. The van der Waals surface area contributed by atoms with Crippen LogP contribution in [0.15, 0.2) is 0 Å². The number of aromatic nitrogens is 2. The van der Waals surface area contributed by atoms with Gasteiger partial charge >= 0.3 is 0 Å². The molecule has 0 aromatic carbocycles. The molecule has 0 saturated heterocycles. The van der Waals surface area contributed by atoms with E-state index in [1.165, 1.54) is 0 Å². The molecule has 0 radical (unpaired) electrons. The second-order valence-electron chi connectivity index (χ2n) is 4.41. The Bertz CT molecular complexity index is 494. The second kappa shape index (κ2) is 6.74. The second-order valence-corrected chi connectivity index (χ2v) is 4.41. The van der Waals surface area contributed by atoms with Gasteiger partial charge in [0.05, 0.1) is 55.0 Å². The van der Waals surface area contributed by atoms with Crippen molar-refractivity contribution in [1.82, 2.24) is 14.7 Å². The minimum Gasteiger partial charge on any atom is -0.396 e. The minimum atomic E-state index is -0.709. The number of hydrogen-bond acceptors (Lipinski definition) is 6. The Morgan fingerprint density at radius 2 is 1.95 bits per heavy atom. The topological polar surface area (TPSA) is 115 Å². The van der Waals surface area contributed by atoms with E-state index in [-0.39, 0.29) is 26.2 Å². The van der Waals surface area contributed by atoms with Gasteiger partial charge in [0.15, 0.2) is 0 Å². The lowest BCUT2D eigenvalue weighted by atomic mass is 10.3. The normalized spacial score (nSPS) is 12.1. The van der Waals surface area contributed by atoms with Gasteiger partial charge in [-0.15, -0.1) is 0 Å². The molecule has 7 heteroatoms. The molecule has 0 bridgehead atoms. The highest BCUT2D eigenvalue weighted by atomic mass is 16.3. The zero-order chi connectivity index (χ0) is 14.4. The smallest absolute Gasteiger partial charge is 0.0875 e. The molecule has 7 nitrogen and oxygen atoms in total. The fraction of sp³-hybridized carbons (Fsp3) is 0.583. The van der Waals surface area contributed by atoms with Gasteiger partial charge in [0, 0.05) is 6.54 Å². The number of nitrogen functional groups attached to an aromatic ring is 1. The van der Waals surface area contributed by atoms with Crippen molar-refractivity contribution in [3.63, 3.8) is 0 Å². The molecule has 1 heterocycles. The van der Waals surface area contributed by atoms with Crippen molar-refractivity contribution in [2.24, 2.45) is 0 Å². The van der Waals surface area contributed by atoms with Gasteiger partial charge < -0.3 is 10.8 Å². The van der Waals surface area contributed by atoms with Crippen LogP contribution in [0.3, 0.4) is 0 Å². The fourth-order valence-corrected chi connectivity index (χ4v) is 1.83. The predicted molar refractivity (Wildman–Crippen MR) is 69.8 cm³/mol. The van der Waals surface area contributed by atoms with Crippen molar-refractivity contribution in [3.8, 4) is 12.1 Å². The lowest BCUT2D eigenvalue weighted by Crippen LogP contribution is -2.35. The predicted octanol–water partition coefficient (Wildman–Crippen LogP) is -0.208. The summed E-state index contributed by atoms with van der Waals surface area (Å²) in [6.45, 7) is 4.41. The molecule has 0 aliphatic rings. The summed E-state index contributed by atoms with van der Waals surface area (Å²) in [7, 11) is 0. The lowest BCUT2D eigenvalue weighted by Gasteiger charge is -2.20. The minimum absolute atomic E-state index is 0.115. The number of aliphatic hydroxyl groups excluding tert-OH is 1. The van der Waals surface area contributed by atoms with E-state index >= 15 is 0 Å². The zero-order valence-electron chi connectivity index (χ0n) is 11.2. The van der Waals surface area contributed by atoms with E-state index in [9.17, 15) is 5.11 Å². The van der Waals surface area contributed by atoms with Crippen molar-refractivity contribution < 1.29 is 5.11 Å². The summed E-state index contributed by atoms with van der Waals surface area (Å²) in [5, 5.41) is 31.5. The van der Waals surface area contributed by atoms with Crippen molar-refractivity contribution in [2.45, 2.75) is 26.5 Å². The van der Waals surface area contributed by atoms with Crippen LogP contribution < -0.4 is 5.73 Å². The van der Waals surface area contributed by atoms with E-state index in [0.717, 1.165) is 11.4 Å². The van der Waals surface area contributed by atoms with Gasteiger partial charge in [-0.05, 0) is 13.8 Å². The van der Waals surface area contributed by atoms with E-state index in [4.69, 9.17) is 16.3 Å². The molecule has 1 aromatic rings. The number of hydrogen-bond donors (Lipinski definition) is 2. The van der Waals surface area contributed by atoms with E-state index in [2.05, 4.69) is 5.10 Å². The third-order valence-corrected chi connectivity index (χ3v) is 2.88. The van der Waals surface area contributed by atoms with Gasteiger partial charge in [0.1, 0.15) is 0 Å². The number of aryl methyl sites for hydroxylation is 1. The summed E-state index contributed by atoms with van der Waals surface area (Å²) < 4.78 is 1.65. The number of aliphatic hydroxyl groups is 1. The molecule has 0 aliphatic carbocycles. The van der Waals surface area contributed by atoms with Crippen molar-refractivity contribution in [3.05, 3.63) is 11.4 Å². The molecule has 0 spiro atoms. The van der Waals surface area contributed by atoms with Crippen LogP contribution in [0, 0.1) is 36.5 Å². The van der Waals surface area contributed by atoms with Crippen molar-refractivity contribution in [1.29, 1.82) is 10.5 Å². The maximum atomic E-state index is 9.99. The molecule has 0 fully saturated rings. The Hall–Kier alpha value is -2.09. The average molecular weight is 262 g/mol. The Morgan fingerprint density at radius 1 is 1.37 bits per heavy atom. The average Bonchev–Trinajstić information content (AvgIpc) is 2.57. The quantitative estimate of drug-likeness (QED) is 0.685. The Morgan fingerprint density at radius 3 is 2.37 bits per heavy atom. The summed E-state index contributed by atoms with van der Waals surface area (Å²) in [4.78, 5) is 1.58. The number of nitrogens with two attached hydrogens (primary N) is 1. The van der Waals surface area contributed by atoms with Crippen LogP contribution in [0.5, 0.6) is 0 Å². The molecule has 19 heavy (non-hydrogen) atoms. The monoisotopic (exact) mass is 262 g/mol. The maximum absolute atomic E-state index is 9.99. The molecule has 1 aromatic heterocycles. The number of rotatable bonds is 6. The number of anilines is 1. The highest BCUT2D eigenvalue weighted by Crippen LogP contribution is 2.15. The molecule has 3 N–H and O–H groups in total. The third-order valence-electron chi connectivity index (χ3n) is 2.88. The molecule has 0 aliphatic heterocycles. The number of nitrogens with zero attached hydrogens (tertiary/aromatic N) is 5. The van der Waals surface area contributed by atoms with E-state index in [0.29, 0.717) is 5.69 Å². The number of nitriles is 2. The zero-order valence-corrected chi connectivity index (χ0v) is 11.2. The Kier molecular flexibility index (Phi) is 5.31. The Labute approximate surface area is 112 Å². The molecule has 102 valence electrons. The summed E-state index contributed by atoms with van der Waals surface area (Å²) in [6, 6.07) is 3.94. The van der Waals surface area contributed by atoms with Crippen LogP contribution >= 0.6 is 0 Å². The molecule has 1 atom stereocenters. The molecule has 0 amide bonds. The fourth-order valence-electron chi connectivity index (χ4n) is 1.83. The van der Waals surface area contributed by atoms with Gasteiger partial charge in [0.2, 0.25) is 0 Å². The van der Waals surface area contributed by atoms with Crippen LogP contribution in [0.2, 0.25) is 0 Å². The van der Waals surface area contributed by atoms with E-state index < -0.39 is 6.10 Å². The maximum Gasteiger partial charge on any atom is 0.0875 e. The molecule has 1 rings (SSSR count).